The molecular formula is C11H14N2O2. The predicted octanol–water partition coefficient (Wildman–Crippen LogP) is 0.310. The number of hydrogen-bond donors (Lipinski definition) is 2. The maximum atomic E-state index is 5.58. The standard InChI is InChI=1S/C11H14N2O2/c12-13-11(6-14-7-11)9-1-2-10-8(5-9)3-4-15-10/h1-2,5,13H,3-4,6-7,12H2. The van der Waals surface area contributed by atoms with E-state index < -0.39 is 0 Å². The van der Waals surface area contributed by atoms with Crippen molar-refractivity contribution in [2.75, 3.05) is 19.8 Å². The van der Waals surface area contributed by atoms with Crippen LogP contribution in [-0.4, -0.2) is 19.8 Å². The Labute approximate surface area is 88.3 Å². The fraction of sp³-hybridized carbons (Fsp3) is 0.455. The van der Waals surface area contributed by atoms with E-state index in [0.717, 1.165) is 18.8 Å². The summed E-state index contributed by atoms with van der Waals surface area (Å²) in [6.07, 6.45) is 0.991. The van der Waals surface area contributed by atoms with Gasteiger partial charge in [-0.15, -0.1) is 0 Å². The second kappa shape index (κ2) is 3.20. The first-order valence-corrected chi connectivity index (χ1v) is 5.16. The van der Waals surface area contributed by atoms with Crippen molar-refractivity contribution in [1.29, 1.82) is 0 Å². The molecule has 0 unspecified atom stereocenters. The topological polar surface area (TPSA) is 56.5 Å². The molecule has 0 atom stereocenters. The average Bonchev–Trinajstić information content (AvgIpc) is 2.64. The highest BCUT2D eigenvalue weighted by atomic mass is 16.5. The molecule has 1 saturated heterocycles. The highest BCUT2D eigenvalue weighted by Gasteiger charge is 2.39. The molecule has 2 aliphatic rings. The van der Waals surface area contributed by atoms with E-state index in [9.17, 15) is 0 Å². The first kappa shape index (κ1) is 9.15. The molecule has 2 aliphatic heterocycles. The Morgan fingerprint density at radius 2 is 2.20 bits per heavy atom. The number of hydrogen-bond acceptors (Lipinski definition) is 4. The van der Waals surface area contributed by atoms with E-state index in [0.29, 0.717) is 13.2 Å². The van der Waals surface area contributed by atoms with Gasteiger partial charge in [-0.3, -0.25) is 5.84 Å². The minimum absolute atomic E-state index is 0.183. The Hall–Kier alpha value is -1.10. The molecular weight excluding hydrogens is 192 g/mol. The summed E-state index contributed by atoms with van der Waals surface area (Å²) in [5, 5.41) is 0. The summed E-state index contributed by atoms with van der Waals surface area (Å²) in [5.74, 6) is 6.59. The minimum atomic E-state index is -0.183. The van der Waals surface area contributed by atoms with E-state index in [4.69, 9.17) is 15.3 Å². The number of nitrogens with two attached hydrogens (primary N) is 1. The Morgan fingerprint density at radius 1 is 1.33 bits per heavy atom. The van der Waals surface area contributed by atoms with Crippen LogP contribution in [0.1, 0.15) is 11.1 Å². The molecule has 3 N–H and O–H groups in total. The van der Waals surface area contributed by atoms with Crippen molar-refractivity contribution < 1.29 is 9.47 Å². The molecule has 1 aromatic rings. The summed E-state index contributed by atoms with van der Waals surface area (Å²) in [7, 11) is 0. The van der Waals surface area contributed by atoms with Gasteiger partial charge in [0.05, 0.1) is 19.8 Å². The van der Waals surface area contributed by atoms with Crippen molar-refractivity contribution in [1.82, 2.24) is 5.43 Å². The molecule has 80 valence electrons. The second-order valence-corrected chi connectivity index (χ2v) is 4.14. The number of hydrazine groups is 1. The predicted molar refractivity (Wildman–Crippen MR) is 55.5 cm³/mol. The van der Waals surface area contributed by atoms with Gasteiger partial charge in [-0.05, 0) is 23.3 Å². The van der Waals surface area contributed by atoms with Gasteiger partial charge in [0.1, 0.15) is 11.3 Å². The Morgan fingerprint density at radius 3 is 2.87 bits per heavy atom. The van der Waals surface area contributed by atoms with Crippen molar-refractivity contribution >= 4 is 0 Å². The lowest BCUT2D eigenvalue weighted by atomic mass is 9.87. The third-order valence-electron chi connectivity index (χ3n) is 3.22. The molecule has 15 heavy (non-hydrogen) atoms. The van der Waals surface area contributed by atoms with Crippen LogP contribution in [0.15, 0.2) is 18.2 Å². The number of nitrogens with one attached hydrogen (secondary N) is 1. The van der Waals surface area contributed by atoms with Crippen LogP contribution in [0.3, 0.4) is 0 Å². The number of rotatable bonds is 2. The van der Waals surface area contributed by atoms with Crippen LogP contribution < -0.4 is 16.0 Å². The molecule has 1 aromatic carbocycles. The van der Waals surface area contributed by atoms with E-state index in [2.05, 4.69) is 17.6 Å². The first-order chi connectivity index (χ1) is 7.34. The lowest BCUT2D eigenvalue weighted by Crippen LogP contribution is -2.60. The Bertz CT molecular complexity index is 383. The van der Waals surface area contributed by atoms with Gasteiger partial charge in [0.2, 0.25) is 0 Å². The highest BCUT2D eigenvalue weighted by Crippen LogP contribution is 2.33. The van der Waals surface area contributed by atoms with Crippen LogP contribution in [0.5, 0.6) is 5.75 Å². The van der Waals surface area contributed by atoms with Crippen molar-refractivity contribution in [2.24, 2.45) is 5.84 Å². The molecule has 2 heterocycles. The fourth-order valence-electron chi connectivity index (χ4n) is 2.12. The van der Waals surface area contributed by atoms with Gasteiger partial charge in [0.15, 0.2) is 0 Å². The third-order valence-corrected chi connectivity index (χ3v) is 3.22. The van der Waals surface area contributed by atoms with E-state index in [1.54, 1.807) is 0 Å². The van der Waals surface area contributed by atoms with Gasteiger partial charge in [0.25, 0.3) is 0 Å². The highest BCUT2D eigenvalue weighted by molar-refractivity contribution is 5.42. The zero-order valence-electron chi connectivity index (χ0n) is 8.45. The number of benzene rings is 1. The molecule has 0 aliphatic carbocycles. The van der Waals surface area contributed by atoms with Gasteiger partial charge in [-0.25, -0.2) is 5.43 Å². The summed E-state index contributed by atoms with van der Waals surface area (Å²) in [4.78, 5) is 0. The van der Waals surface area contributed by atoms with E-state index in [1.165, 1.54) is 11.1 Å². The Balaban J connectivity index is 1.98. The average molecular weight is 206 g/mol. The van der Waals surface area contributed by atoms with Crippen LogP contribution in [-0.2, 0) is 16.7 Å². The minimum Gasteiger partial charge on any atom is -0.493 e. The molecule has 4 nitrogen and oxygen atoms in total. The van der Waals surface area contributed by atoms with Gasteiger partial charge in [-0.2, -0.15) is 0 Å². The van der Waals surface area contributed by atoms with Crippen molar-refractivity contribution in [3.05, 3.63) is 29.3 Å². The molecule has 0 bridgehead atoms. The quantitative estimate of drug-likeness (QED) is 0.540. The second-order valence-electron chi connectivity index (χ2n) is 4.14. The number of fused-ring (bicyclic) bond motifs is 1. The molecule has 0 spiro atoms. The maximum absolute atomic E-state index is 5.58. The molecule has 1 fully saturated rings. The maximum Gasteiger partial charge on any atom is 0.122 e. The van der Waals surface area contributed by atoms with Gasteiger partial charge < -0.3 is 9.47 Å². The van der Waals surface area contributed by atoms with Gasteiger partial charge >= 0.3 is 0 Å². The van der Waals surface area contributed by atoms with Crippen LogP contribution in [0.4, 0.5) is 0 Å². The molecule has 4 heteroatoms. The monoisotopic (exact) mass is 206 g/mol. The van der Waals surface area contributed by atoms with Crippen LogP contribution >= 0.6 is 0 Å². The first-order valence-electron chi connectivity index (χ1n) is 5.16. The molecule has 3 rings (SSSR count). The SMILES string of the molecule is NNC1(c2ccc3c(c2)CCO3)COC1. The third kappa shape index (κ3) is 1.26. The largest absolute Gasteiger partial charge is 0.493 e. The summed E-state index contributed by atoms with van der Waals surface area (Å²) < 4.78 is 10.7. The zero-order chi connectivity index (χ0) is 10.3. The molecule has 0 aromatic heterocycles. The smallest absolute Gasteiger partial charge is 0.122 e. The van der Waals surface area contributed by atoms with Gasteiger partial charge in [0, 0.05) is 6.42 Å². The van der Waals surface area contributed by atoms with Gasteiger partial charge in [-0.1, -0.05) is 6.07 Å². The summed E-state index contributed by atoms with van der Waals surface area (Å²) in [6.45, 7) is 2.07. The van der Waals surface area contributed by atoms with Crippen molar-refractivity contribution in [3.8, 4) is 5.75 Å². The zero-order valence-corrected chi connectivity index (χ0v) is 8.45. The van der Waals surface area contributed by atoms with E-state index in [1.807, 2.05) is 6.07 Å². The normalized spacial score (nSPS) is 21.7. The van der Waals surface area contributed by atoms with E-state index >= 15 is 0 Å². The molecule has 0 saturated carbocycles. The van der Waals surface area contributed by atoms with Crippen LogP contribution in [0.25, 0.3) is 0 Å². The van der Waals surface area contributed by atoms with Crippen LogP contribution in [0, 0.1) is 0 Å². The molecule has 0 radical (unpaired) electrons. The lowest BCUT2D eigenvalue weighted by molar-refractivity contribution is -0.0787. The van der Waals surface area contributed by atoms with Crippen LogP contribution in [0.2, 0.25) is 0 Å². The summed E-state index contributed by atoms with van der Waals surface area (Å²) >= 11 is 0. The number of ether oxygens (including phenoxy) is 2. The van der Waals surface area contributed by atoms with E-state index in [-0.39, 0.29) is 5.54 Å². The lowest BCUT2D eigenvalue weighted by Gasteiger charge is -2.41. The fourth-order valence-corrected chi connectivity index (χ4v) is 2.12. The molecule has 0 amide bonds. The Kier molecular flexibility index (Phi) is 1.95. The summed E-state index contributed by atoms with van der Waals surface area (Å²) in [6, 6.07) is 6.26. The summed E-state index contributed by atoms with van der Waals surface area (Å²) in [5.41, 5.74) is 5.14. The van der Waals surface area contributed by atoms with Crippen molar-refractivity contribution in [2.45, 2.75) is 12.0 Å². The van der Waals surface area contributed by atoms with Crippen molar-refractivity contribution in [3.63, 3.8) is 0 Å².